The number of hydrogen-bond acceptors (Lipinski definition) is 3. The third-order valence-electron chi connectivity index (χ3n) is 3.69. The van der Waals surface area contributed by atoms with Gasteiger partial charge in [0.15, 0.2) is 11.6 Å². The zero-order valence-electron chi connectivity index (χ0n) is 12.0. The van der Waals surface area contributed by atoms with Gasteiger partial charge in [0, 0.05) is 18.7 Å². The number of likely N-dealkylation sites (tertiary alicyclic amines) is 1. The number of nitrogens with zero attached hydrogens (tertiary/aromatic N) is 1. The maximum Gasteiger partial charge on any atom is 0.308 e. The molecule has 1 aromatic carbocycles. The molecule has 1 heterocycles. The molecule has 1 aromatic rings. The van der Waals surface area contributed by atoms with Gasteiger partial charge in [0.05, 0.1) is 13.0 Å². The standard InChI is InChI=1S/C15H18FNO4/c1-9-5-11(15(19)20)8-17(7-9)14(18)10-3-4-12(16)13(6-10)21-2/h3-4,6,9,11H,5,7-8H2,1-2H3,(H,19,20). The Balaban J connectivity index is 2.20. The van der Waals surface area contributed by atoms with Crippen molar-refractivity contribution in [2.75, 3.05) is 20.2 Å². The molecular weight excluding hydrogens is 277 g/mol. The molecule has 0 aliphatic carbocycles. The van der Waals surface area contributed by atoms with Crippen molar-refractivity contribution >= 4 is 11.9 Å². The lowest BCUT2D eigenvalue weighted by Crippen LogP contribution is -2.45. The highest BCUT2D eigenvalue weighted by atomic mass is 19.1. The van der Waals surface area contributed by atoms with Gasteiger partial charge in [-0.3, -0.25) is 9.59 Å². The molecule has 1 aliphatic rings. The fraction of sp³-hybridized carbons (Fsp3) is 0.467. The smallest absolute Gasteiger partial charge is 0.308 e. The van der Waals surface area contributed by atoms with Gasteiger partial charge in [0.25, 0.3) is 5.91 Å². The number of ether oxygens (including phenoxy) is 1. The average Bonchev–Trinajstić information content (AvgIpc) is 2.46. The first-order chi connectivity index (χ1) is 9.92. The van der Waals surface area contributed by atoms with Crippen molar-refractivity contribution in [2.24, 2.45) is 11.8 Å². The molecule has 0 radical (unpaired) electrons. The maximum absolute atomic E-state index is 13.4. The van der Waals surface area contributed by atoms with Crippen LogP contribution in [0.1, 0.15) is 23.7 Å². The topological polar surface area (TPSA) is 66.8 Å². The molecule has 0 saturated carbocycles. The van der Waals surface area contributed by atoms with E-state index < -0.39 is 17.7 Å². The second-order valence-electron chi connectivity index (χ2n) is 5.44. The van der Waals surface area contributed by atoms with E-state index in [1.807, 2.05) is 6.92 Å². The van der Waals surface area contributed by atoms with Crippen molar-refractivity contribution in [2.45, 2.75) is 13.3 Å². The summed E-state index contributed by atoms with van der Waals surface area (Å²) in [6.45, 7) is 2.60. The molecule has 0 spiro atoms. The summed E-state index contributed by atoms with van der Waals surface area (Å²) >= 11 is 0. The number of carbonyl (C=O) groups is 2. The van der Waals surface area contributed by atoms with Crippen LogP contribution in [0.2, 0.25) is 0 Å². The molecule has 2 unspecified atom stereocenters. The van der Waals surface area contributed by atoms with Crippen LogP contribution in [0.5, 0.6) is 5.75 Å². The maximum atomic E-state index is 13.4. The molecule has 2 rings (SSSR count). The number of halogens is 1. The van der Waals surface area contributed by atoms with E-state index in [1.165, 1.54) is 30.2 Å². The number of carbonyl (C=O) groups excluding carboxylic acids is 1. The summed E-state index contributed by atoms with van der Waals surface area (Å²) in [7, 11) is 1.33. The van der Waals surface area contributed by atoms with Crippen LogP contribution in [-0.4, -0.2) is 42.1 Å². The normalized spacial score (nSPS) is 22.0. The van der Waals surface area contributed by atoms with Crippen molar-refractivity contribution in [1.29, 1.82) is 0 Å². The first-order valence-electron chi connectivity index (χ1n) is 6.78. The molecule has 1 N–H and O–H groups in total. The molecule has 5 nitrogen and oxygen atoms in total. The Morgan fingerprint density at radius 2 is 2.10 bits per heavy atom. The molecule has 1 aliphatic heterocycles. The van der Waals surface area contributed by atoms with Gasteiger partial charge >= 0.3 is 5.97 Å². The quantitative estimate of drug-likeness (QED) is 0.926. The summed E-state index contributed by atoms with van der Waals surface area (Å²) in [6, 6.07) is 3.90. The largest absolute Gasteiger partial charge is 0.494 e. The zero-order valence-corrected chi connectivity index (χ0v) is 12.0. The lowest BCUT2D eigenvalue weighted by molar-refractivity contribution is -0.143. The molecule has 0 bridgehead atoms. The number of carboxylic acids is 1. The number of methoxy groups -OCH3 is 1. The number of piperidine rings is 1. The second kappa shape index (κ2) is 6.11. The highest BCUT2D eigenvalue weighted by molar-refractivity contribution is 5.95. The number of benzene rings is 1. The summed E-state index contributed by atoms with van der Waals surface area (Å²) in [5, 5.41) is 9.14. The second-order valence-corrected chi connectivity index (χ2v) is 5.44. The van der Waals surface area contributed by atoms with Crippen LogP contribution in [0.15, 0.2) is 18.2 Å². The van der Waals surface area contributed by atoms with E-state index in [2.05, 4.69) is 0 Å². The van der Waals surface area contributed by atoms with Gasteiger partial charge in [-0.05, 0) is 30.5 Å². The van der Waals surface area contributed by atoms with E-state index in [-0.39, 0.29) is 24.1 Å². The van der Waals surface area contributed by atoms with Gasteiger partial charge < -0.3 is 14.7 Å². The SMILES string of the molecule is COc1cc(C(=O)N2CC(C)CC(C(=O)O)C2)ccc1F. The van der Waals surface area contributed by atoms with E-state index in [9.17, 15) is 14.0 Å². The number of rotatable bonds is 3. The Bertz CT molecular complexity index is 561. The minimum atomic E-state index is -0.893. The van der Waals surface area contributed by atoms with Gasteiger partial charge in [-0.1, -0.05) is 6.92 Å². The van der Waals surface area contributed by atoms with Crippen LogP contribution in [0.3, 0.4) is 0 Å². The van der Waals surface area contributed by atoms with Gasteiger partial charge in [-0.25, -0.2) is 4.39 Å². The van der Waals surface area contributed by atoms with E-state index in [1.54, 1.807) is 0 Å². The van der Waals surface area contributed by atoms with E-state index in [0.717, 1.165) is 0 Å². The number of amides is 1. The van der Waals surface area contributed by atoms with Crippen LogP contribution in [0, 0.1) is 17.7 Å². The predicted molar refractivity (Wildman–Crippen MR) is 73.8 cm³/mol. The van der Waals surface area contributed by atoms with E-state index >= 15 is 0 Å². The number of aliphatic carboxylic acids is 1. The summed E-state index contributed by atoms with van der Waals surface area (Å²) in [6.07, 6.45) is 0.561. The summed E-state index contributed by atoms with van der Waals surface area (Å²) in [5.74, 6) is -2.17. The molecule has 6 heteroatoms. The third kappa shape index (κ3) is 3.32. The molecule has 1 fully saturated rings. The highest BCUT2D eigenvalue weighted by Gasteiger charge is 2.32. The monoisotopic (exact) mass is 295 g/mol. The summed E-state index contributed by atoms with van der Waals surface area (Å²) in [4.78, 5) is 25.1. The minimum Gasteiger partial charge on any atom is -0.494 e. The Hall–Kier alpha value is -2.11. The first kappa shape index (κ1) is 15.3. The summed E-state index contributed by atoms with van der Waals surface area (Å²) < 4.78 is 18.2. The van der Waals surface area contributed by atoms with Crippen molar-refractivity contribution < 1.29 is 23.8 Å². The molecule has 1 saturated heterocycles. The molecule has 2 atom stereocenters. The molecule has 0 aromatic heterocycles. The van der Waals surface area contributed by atoms with Gasteiger partial charge in [-0.15, -0.1) is 0 Å². The fourth-order valence-corrected chi connectivity index (χ4v) is 2.67. The molecule has 114 valence electrons. The van der Waals surface area contributed by atoms with E-state index in [4.69, 9.17) is 9.84 Å². The number of carboxylic acid groups (broad SMARTS) is 1. The van der Waals surface area contributed by atoms with Crippen LogP contribution >= 0.6 is 0 Å². The van der Waals surface area contributed by atoms with Gasteiger partial charge in [0.1, 0.15) is 0 Å². The average molecular weight is 295 g/mol. The van der Waals surface area contributed by atoms with Crippen LogP contribution < -0.4 is 4.74 Å². The van der Waals surface area contributed by atoms with Crippen molar-refractivity contribution in [3.8, 4) is 5.75 Å². The van der Waals surface area contributed by atoms with E-state index in [0.29, 0.717) is 18.5 Å². The van der Waals surface area contributed by atoms with Crippen molar-refractivity contribution in [1.82, 2.24) is 4.90 Å². The Kier molecular flexibility index (Phi) is 4.45. The van der Waals surface area contributed by atoms with Crippen LogP contribution in [0.25, 0.3) is 0 Å². The fourth-order valence-electron chi connectivity index (χ4n) is 2.67. The molecule has 21 heavy (non-hydrogen) atoms. The third-order valence-corrected chi connectivity index (χ3v) is 3.69. The van der Waals surface area contributed by atoms with Gasteiger partial charge in [0.2, 0.25) is 0 Å². The van der Waals surface area contributed by atoms with Crippen LogP contribution in [0.4, 0.5) is 4.39 Å². The Labute approximate surface area is 122 Å². The summed E-state index contributed by atoms with van der Waals surface area (Å²) in [5.41, 5.74) is 0.298. The predicted octanol–water partition coefficient (Wildman–Crippen LogP) is 2.02. The lowest BCUT2D eigenvalue weighted by atomic mass is 9.90. The first-order valence-corrected chi connectivity index (χ1v) is 6.78. The lowest BCUT2D eigenvalue weighted by Gasteiger charge is -2.34. The Morgan fingerprint density at radius 1 is 1.38 bits per heavy atom. The molecular formula is C15H18FNO4. The minimum absolute atomic E-state index is 0.000641. The number of hydrogen-bond donors (Lipinski definition) is 1. The molecule has 1 amide bonds. The van der Waals surface area contributed by atoms with Crippen LogP contribution in [-0.2, 0) is 4.79 Å². The van der Waals surface area contributed by atoms with Crippen molar-refractivity contribution in [3.05, 3.63) is 29.6 Å². The van der Waals surface area contributed by atoms with Crippen molar-refractivity contribution in [3.63, 3.8) is 0 Å². The highest BCUT2D eigenvalue weighted by Crippen LogP contribution is 2.25. The Morgan fingerprint density at radius 3 is 2.71 bits per heavy atom. The zero-order chi connectivity index (χ0) is 15.6. The van der Waals surface area contributed by atoms with Gasteiger partial charge in [-0.2, -0.15) is 0 Å².